The Morgan fingerprint density at radius 2 is 2.00 bits per heavy atom. The molecule has 0 aliphatic heterocycles. The van der Waals surface area contributed by atoms with Crippen LogP contribution in [0.5, 0.6) is 5.75 Å². The lowest BCUT2D eigenvalue weighted by atomic mass is 10.2. The van der Waals surface area contributed by atoms with Crippen LogP contribution in [0.4, 0.5) is 10.1 Å². The van der Waals surface area contributed by atoms with Crippen molar-refractivity contribution < 1.29 is 9.13 Å². The molecule has 0 saturated carbocycles. The smallest absolute Gasteiger partial charge is 0.129 e. The first-order valence-corrected chi connectivity index (χ1v) is 6.28. The molecule has 0 saturated heterocycles. The summed E-state index contributed by atoms with van der Waals surface area (Å²) in [6.07, 6.45) is 0. The van der Waals surface area contributed by atoms with Gasteiger partial charge in [0.05, 0.1) is 0 Å². The maximum Gasteiger partial charge on any atom is 0.129 e. The van der Waals surface area contributed by atoms with Crippen molar-refractivity contribution in [3.05, 3.63) is 57.8 Å². The largest absolute Gasteiger partial charge is 0.489 e. The molecule has 4 heteroatoms. The number of anilines is 1. The highest BCUT2D eigenvalue weighted by molar-refractivity contribution is 9.10. The summed E-state index contributed by atoms with van der Waals surface area (Å²) in [5, 5.41) is 0. The third-order valence-corrected chi connectivity index (χ3v) is 3.14. The molecule has 0 aromatic heterocycles. The van der Waals surface area contributed by atoms with Crippen LogP contribution in [0.25, 0.3) is 0 Å². The molecule has 94 valence electrons. The predicted octanol–water partition coefficient (Wildman–Crippen LogP) is 4.06. The highest BCUT2D eigenvalue weighted by Gasteiger charge is 2.03. The Balaban J connectivity index is 2.09. The first-order valence-electron chi connectivity index (χ1n) is 5.49. The van der Waals surface area contributed by atoms with Gasteiger partial charge in [0.25, 0.3) is 0 Å². The van der Waals surface area contributed by atoms with E-state index in [1.54, 1.807) is 19.1 Å². The fraction of sp³-hybridized carbons (Fsp3) is 0.143. The summed E-state index contributed by atoms with van der Waals surface area (Å²) in [6, 6.07) is 10.4. The van der Waals surface area contributed by atoms with Crippen LogP contribution < -0.4 is 10.5 Å². The van der Waals surface area contributed by atoms with Crippen molar-refractivity contribution in [3.8, 4) is 5.75 Å². The molecule has 18 heavy (non-hydrogen) atoms. The highest BCUT2D eigenvalue weighted by atomic mass is 79.9. The Kier molecular flexibility index (Phi) is 3.87. The monoisotopic (exact) mass is 309 g/mol. The molecule has 0 amide bonds. The third-order valence-electron chi connectivity index (χ3n) is 2.65. The van der Waals surface area contributed by atoms with Crippen LogP contribution in [0.1, 0.15) is 11.1 Å². The van der Waals surface area contributed by atoms with Crippen molar-refractivity contribution in [2.75, 3.05) is 5.73 Å². The first kappa shape index (κ1) is 12.9. The number of nitrogens with two attached hydrogens (primary N) is 1. The zero-order valence-electron chi connectivity index (χ0n) is 9.91. The zero-order valence-corrected chi connectivity index (χ0v) is 11.5. The second-order valence-electron chi connectivity index (χ2n) is 4.04. The predicted molar refractivity (Wildman–Crippen MR) is 74.0 cm³/mol. The van der Waals surface area contributed by atoms with Crippen molar-refractivity contribution >= 4 is 21.6 Å². The van der Waals surface area contributed by atoms with Gasteiger partial charge in [-0.15, -0.1) is 0 Å². The molecule has 0 atom stereocenters. The molecule has 0 aliphatic carbocycles. The van der Waals surface area contributed by atoms with Crippen molar-refractivity contribution in [2.45, 2.75) is 13.5 Å². The van der Waals surface area contributed by atoms with Gasteiger partial charge < -0.3 is 10.5 Å². The molecule has 0 fully saturated rings. The number of halogens is 2. The van der Waals surface area contributed by atoms with Crippen LogP contribution in [0.15, 0.2) is 40.9 Å². The normalized spacial score (nSPS) is 10.4. The summed E-state index contributed by atoms with van der Waals surface area (Å²) in [6.45, 7) is 2.04. The summed E-state index contributed by atoms with van der Waals surface area (Å²) in [7, 11) is 0. The Hall–Kier alpha value is -1.55. The van der Waals surface area contributed by atoms with E-state index in [4.69, 9.17) is 10.5 Å². The minimum absolute atomic E-state index is 0.267. The molecule has 2 N–H and O–H groups in total. The second-order valence-corrected chi connectivity index (χ2v) is 4.96. The molecule has 2 nitrogen and oxygen atoms in total. The molecule has 2 aromatic carbocycles. The van der Waals surface area contributed by atoms with E-state index in [-0.39, 0.29) is 5.82 Å². The summed E-state index contributed by atoms with van der Waals surface area (Å²) < 4.78 is 19.8. The fourth-order valence-corrected chi connectivity index (χ4v) is 1.90. The van der Waals surface area contributed by atoms with E-state index in [0.29, 0.717) is 23.6 Å². The maximum atomic E-state index is 13.3. The minimum Gasteiger partial charge on any atom is -0.489 e. The van der Waals surface area contributed by atoms with E-state index in [2.05, 4.69) is 15.9 Å². The van der Waals surface area contributed by atoms with Crippen LogP contribution in [-0.4, -0.2) is 0 Å². The van der Waals surface area contributed by atoms with Crippen molar-refractivity contribution in [1.82, 2.24) is 0 Å². The molecule has 0 spiro atoms. The zero-order chi connectivity index (χ0) is 13.1. The summed E-state index contributed by atoms with van der Waals surface area (Å²) >= 11 is 3.34. The summed E-state index contributed by atoms with van der Waals surface area (Å²) in [5.74, 6) is 0.233. The van der Waals surface area contributed by atoms with Crippen molar-refractivity contribution in [3.63, 3.8) is 0 Å². The lowest BCUT2D eigenvalue weighted by molar-refractivity contribution is 0.305. The van der Waals surface area contributed by atoms with Gasteiger partial charge in [-0.1, -0.05) is 28.1 Å². The molecular weight excluding hydrogens is 297 g/mol. The number of nitrogen functional groups attached to an aromatic ring is 1. The van der Waals surface area contributed by atoms with Gasteiger partial charge in [0.2, 0.25) is 0 Å². The average molecular weight is 310 g/mol. The van der Waals surface area contributed by atoms with Gasteiger partial charge in [0, 0.05) is 21.8 Å². The van der Waals surface area contributed by atoms with E-state index >= 15 is 0 Å². The molecular formula is C14H13BrFNO. The molecule has 2 rings (SSSR count). The number of rotatable bonds is 3. The van der Waals surface area contributed by atoms with Crippen LogP contribution >= 0.6 is 15.9 Å². The van der Waals surface area contributed by atoms with Crippen LogP contribution in [0.3, 0.4) is 0 Å². The summed E-state index contributed by atoms with van der Waals surface area (Å²) in [5.41, 5.74) is 7.98. The van der Waals surface area contributed by atoms with Gasteiger partial charge in [0.1, 0.15) is 18.2 Å². The molecule has 0 heterocycles. The van der Waals surface area contributed by atoms with Gasteiger partial charge in [-0.25, -0.2) is 4.39 Å². The number of aryl methyl sites for hydroxylation is 1. The molecule has 0 bridgehead atoms. The SMILES string of the molecule is Cc1ccc(OCc2ccc(Br)cc2N)cc1F. The highest BCUT2D eigenvalue weighted by Crippen LogP contribution is 2.21. The van der Waals surface area contributed by atoms with E-state index in [9.17, 15) is 4.39 Å². The molecule has 0 aliphatic rings. The lowest BCUT2D eigenvalue weighted by Gasteiger charge is -2.09. The quantitative estimate of drug-likeness (QED) is 0.868. The van der Waals surface area contributed by atoms with Crippen LogP contribution in [0, 0.1) is 12.7 Å². The molecule has 2 aromatic rings. The minimum atomic E-state index is -0.267. The number of hydrogen-bond donors (Lipinski definition) is 1. The fourth-order valence-electron chi connectivity index (χ4n) is 1.52. The second kappa shape index (κ2) is 5.40. The van der Waals surface area contributed by atoms with Gasteiger partial charge in [-0.05, 0) is 30.7 Å². The average Bonchev–Trinajstić information content (AvgIpc) is 2.32. The Morgan fingerprint density at radius 1 is 1.22 bits per heavy atom. The molecule has 0 radical (unpaired) electrons. The Morgan fingerprint density at radius 3 is 2.67 bits per heavy atom. The molecule has 0 unspecified atom stereocenters. The number of benzene rings is 2. The van der Waals surface area contributed by atoms with Crippen molar-refractivity contribution in [1.29, 1.82) is 0 Å². The Bertz CT molecular complexity index is 572. The van der Waals surface area contributed by atoms with E-state index in [0.717, 1.165) is 10.0 Å². The third kappa shape index (κ3) is 3.01. The van der Waals surface area contributed by atoms with Gasteiger partial charge in [-0.3, -0.25) is 0 Å². The van der Waals surface area contributed by atoms with Gasteiger partial charge in [-0.2, -0.15) is 0 Å². The Labute approximate surface area is 114 Å². The van der Waals surface area contributed by atoms with E-state index < -0.39 is 0 Å². The van der Waals surface area contributed by atoms with Gasteiger partial charge in [0.15, 0.2) is 0 Å². The summed E-state index contributed by atoms with van der Waals surface area (Å²) in [4.78, 5) is 0. The van der Waals surface area contributed by atoms with Crippen LogP contribution in [-0.2, 0) is 6.61 Å². The van der Waals surface area contributed by atoms with Gasteiger partial charge >= 0.3 is 0 Å². The van der Waals surface area contributed by atoms with Crippen LogP contribution in [0.2, 0.25) is 0 Å². The standard InChI is InChI=1S/C14H13BrFNO/c1-9-2-5-12(7-13(9)16)18-8-10-3-4-11(15)6-14(10)17/h2-7H,8,17H2,1H3. The lowest BCUT2D eigenvalue weighted by Crippen LogP contribution is -2.00. The number of ether oxygens (including phenoxy) is 1. The van der Waals surface area contributed by atoms with E-state index in [1.807, 2.05) is 18.2 Å². The topological polar surface area (TPSA) is 35.2 Å². The maximum absolute atomic E-state index is 13.3. The van der Waals surface area contributed by atoms with Crippen molar-refractivity contribution in [2.24, 2.45) is 0 Å². The van der Waals surface area contributed by atoms with E-state index in [1.165, 1.54) is 6.07 Å². The first-order chi connectivity index (χ1) is 8.56. The number of hydrogen-bond acceptors (Lipinski definition) is 2.